The summed E-state index contributed by atoms with van der Waals surface area (Å²) in [6.07, 6.45) is -2.96. The molecular formula is C32H28F6N6O2S. The van der Waals surface area contributed by atoms with Crippen molar-refractivity contribution >= 4 is 43.1 Å². The van der Waals surface area contributed by atoms with Crippen molar-refractivity contribution in [3.63, 3.8) is 0 Å². The number of rotatable bonds is 5. The third-order valence-electron chi connectivity index (χ3n) is 10.1. The Morgan fingerprint density at radius 2 is 2.02 bits per heavy atom. The molecule has 5 aliphatic heterocycles. The summed E-state index contributed by atoms with van der Waals surface area (Å²) >= 11 is 0.700. The van der Waals surface area contributed by atoms with Crippen LogP contribution in [0.15, 0.2) is 18.2 Å². The van der Waals surface area contributed by atoms with Gasteiger partial charge in [0.05, 0.1) is 40.1 Å². The van der Waals surface area contributed by atoms with Crippen molar-refractivity contribution in [1.82, 2.24) is 14.9 Å². The zero-order valence-corrected chi connectivity index (χ0v) is 25.7. The number of ether oxygens (including phenoxy) is 2. The number of hydrogen-bond donors (Lipinski definition) is 1. The van der Waals surface area contributed by atoms with Crippen LogP contribution >= 0.6 is 11.3 Å². The second-order valence-electron chi connectivity index (χ2n) is 12.8. The molecule has 9 rings (SSSR count). The van der Waals surface area contributed by atoms with Gasteiger partial charge in [-0.3, -0.25) is 4.90 Å². The molecular weight excluding hydrogens is 646 g/mol. The highest BCUT2D eigenvalue weighted by Gasteiger charge is 2.49. The van der Waals surface area contributed by atoms with Gasteiger partial charge in [0, 0.05) is 35.8 Å². The summed E-state index contributed by atoms with van der Waals surface area (Å²) in [5, 5.41) is 9.31. The topological polar surface area (TPSA) is 101 Å². The number of fused-ring (bicyclic) bond motifs is 6. The van der Waals surface area contributed by atoms with Crippen molar-refractivity contribution in [2.24, 2.45) is 0 Å². The summed E-state index contributed by atoms with van der Waals surface area (Å²) in [6, 6.07) is 4.14. The lowest BCUT2D eigenvalue weighted by molar-refractivity contribution is -0.137. The Kier molecular flexibility index (Phi) is 7.02. The minimum absolute atomic E-state index is 0.0287. The summed E-state index contributed by atoms with van der Waals surface area (Å²) in [5.74, 6) is -2.05. The first-order valence-electron chi connectivity index (χ1n) is 15.4. The SMILES string of the molecule is N#Cc1c(N)sc2c(F)ccc(-c3c(C(F)(F)F)cc4c(N5CC6CCC5CO6)nc(OC[C@@]56CCCN5C[C@H](F)C6)nc4c3F)c12. The number of benzene rings is 2. The maximum absolute atomic E-state index is 17.0. The first kappa shape index (κ1) is 30.5. The molecule has 2 bridgehead atoms. The maximum atomic E-state index is 17.0. The Balaban J connectivity index is 1.35. The smallest absolute Gasteiger partial charge is 0.417 e. The molecule has 8 nitrogen and oxygen atoms in total. The summed E-state index contributed by atoms with van der Waals surface area (Å²) < 4.78 is 103. The van der Waals surface area contributed by atoms with Crippen molar-refractivity contribution < 1.29 is 35.8 Å². The van der Waals surface area contributed by atoms with E-state index < -0.39 is 46.2 Å². The van der Waals surface area contributed by atoms with Crippen LogP contribution in [0.25, 0.3) is 32.1 Å². The van der Waals surface area contributed by atoms with E-state index in [2.05, 4.69) is 9.97 Å². The van der Waals surface area contributed by atoms with E-state index >= 15 is 4.39 Å². The molecule has 2 N–H and O–H groups in total. The fourth-order valence-electron chi connectivity index (χ4n) is 7.93. The number of nitriles is 1. The molecule has 0 spiro atoms. The highest BCUT2D eigenvalue weighted by atomic mass is 32.1. The van der Waals surface area contributed by atoms with E-state index in [9.17, 15) is 27.2 Å². The zero-order valence-electron chi connectivity index (χ0n) is 24.8. The molecule has 5 aliphatic rings. The minimum atomic E-state index is -5.06. The molecule has 0 radical (unpaired) electrons. The van der Waals surface area contributed by atoms with Gasteiger partial charge in [-0.2, -0.15) is 28.4 Å². The molecule has 47 heavy (non-hydrogen) atoms. The molecule has 246 valence electrons. The summed E-state index contributed by atoms with van der Waals surface area (Å²) in [6.45, 7) is 1.69. The molecule has 0 saturated carbocycles. The van der Waals surface area contributed by atoms with Crippen molar-refractivity contribution in [2.45, 2.75) is 62.1 Å². The number of nitrogens with two attached hydrogens (primary N) is 1. The Labute approximate surface area is 268 Å². The predicted molar refractivity (Wildman–Crippen MR) is 163 cm³/mol. The van der Waals surface area contributed by atoms with Crippen LogP contribution in [0.3, 0.4) is 0 Å². The molecule has 2 aromatic carbocycles. The number of hydrogen-bond acceptors (Lipinski definition) is 9. The van der Waals surface area contributed by atoms with E-state index in [-0.39, 0.29) is 75.1 Å². The van der Waals surface area contributed by atoms with Gasteiger partial charge in [0.25, 0.3) is 0 Å². The molecule has 2 aromatic heterocycles. The molecule has 0 aliphatic carbocycles. The van der Waals surface area contributed by atoms with Gasteiger partial charge in [0.1, 0.15) is 41.0 Å². The lowest BCUT2D eigenvalue weighted by Gasteiger charge is -2.46. The number of halogens is 6. The molecule has 4 atom stereocenters. The summed E-state index contributed by atoms with van der Waals surface area (Å²) in [4.78, 5) is 12.8. The first-order valence-corrected chi connectivity index (χ1v) is 16.2. The molecule has 7 heterocycles. The van der Waals surface area contributed by atoms with E-state index in [1.54, 1.807) is 0 Å². The number of nitrogens with zero attached hydrogens (tertiary/aromatic N) is 5. The highest BCUT2D eigenvalue weighted by molar-refractivity contribution is 7.23. The Morgan fingerprint density at radius 1 is 1.19 bits per heavy atom. The lowest BCUT2D eigenvalue weighted by Crippen LogP contribution is -2.55. The Morgan fingerprint density at radius 3 is 2.72 bits per heavy atom. The fraction of sp³-hybridized carbons (Fsp3) is 0.469. The van der Waals surface area contributed by atoms with Crippen LogP contribution in [0, 0.1) is 23.0 Å². The lowest BCUT2D eigenvalue weighted by atomic mass is 9.92. The van der Waals surface area contributed by atoms with Crippen LogP contribution in [0.4, 0.5) is 37.2 Å². The molecule has 15 heteroatoms. The van der Waals surface area contributed by atoms with E-state index in [0.717, 1.165) is 31.0 Å². The predicted octanol–water partition coefficient (Wildman–Crippen LogP) is 6.59. The fourth-order valence-corrected chi connectivity index (χ4v) is 8.88. The van der Waals surface area contributed by atoms with E-state index in [1.165, 1.54) is 0 Å². The van der Waals surface area contributed by atoms with E-state index in [1.807, 2.05) is 15.9 Å². The van der Waals surface area contributed by atoms with Gasteiger partial charge in [0.15, 0.2) is 5.82 Å². The number of thiophene rings is 1. The van der Waals surface area contributed by atoms with Crippen molar-refractivity contribution in [3.05, 3.63) is 41.0 Å². The minimum Gasteiger partial charge on any atom is -0.461 e. The normalized spacial score (nSPS) is 26.0. The van der Waals surface area contributed by atoms with Crippen LogP contribution in [0.2, 0.25) is 0 Å². The van der Waals surface area contributed by atoms with Crippen LogP contribution in [-0.4, -0.2) is 71.6 Å². The first-order chi connectivity index (χ1) is 22.5. The van der Waals surface area contributed by atoms with E-state index in [0.29, 0.717) is 43.9 Å². The van der Waals surface area contributed by atoms with Gasteiger partial charge >= 0.3 is 12.2 Å². The molecule has 5 fully saturated rings. The maximum Gasteiger partial charge on any atom is 0.417 e. The highest BCUT2D eigenvalue weighted by Crippen LogP contribution is 2.49. The number of anilines is 2. The Hall–Kier alpha value is -3.87. The largest absolute Gasteiger partial charge is 0.461 e. The van der Waals surface area contributed by atoms with Crippen LogP contribution in [0.5, 0.6) is 6.01 Å². The van der Waals surface area contributed by atoms with Gasteiger partial charge in [-0.05, 0) is 49.9 Å². The summed E-state index contributed by atoms with van der Waals surface area (Å²) in [5.41, 5.74) is 2.14. The molecule has 5 saturated heterocycles. The second-order valence-corrected chi connectivity index (χ2v) is 13.8. The van der Waals surface area contributed by atoms with Gasteiger partial charge in [0.2, 0.25) is 0 Å². The van der Waals surface area contributed by atoms with Crippen LogP contribution < -0.4 is 15.4 Å². The average Bonchev–Trinajstić information content (AvgIpc) is 3.69. The number of nitrogen functional groups attached to an aromatic ring is 1. The zero-order chi connectivity index (χ0) is 32.8. The molecule has 4 aromatic rings. The monoisotopic (exact) mass is 674 g/mol. The van der Waals surface area contributed by atoms with E-state index in [4.69, 9.17) is 15.2 Å². The third-order valence-corrected chi connectivity index (χ3v) is 11.1. The number of morpholine rings is 1. The van der Waals surface area contributed by atoms with Crippen molar-refractivity contribution in [1.29, 1.82) is 5.26 Å². The standard InChI is InChI=1S/C32H28F6N6O2S/c33-15-9-31(6-1-7-43(31)11-15)14-46-30-41-26-19(29(42-30)44-12-17-3-2-16(44)13-45-17)8-21(32(36,37)38)24(25(26)35)18-4-5-22(34)27-23(18)20(10-39)28(40)47-27/h4-5,8,15-17H,1-3,6-7,9,11-14,40H2/t15-,16?,17?,31+/m1/s1. The molecule has 2 unspecified atom stereocenters. The van der Waals surface area contributed by atoms with Gasteiger partial charge in [-0.15, -0.1) is 11.3 Å². The van der Waals surface area contributed by atoms with Crippen LogP contribution in [0.1, 0.15) is 43.2 Å². The van der Waals surface area contributed by atoms with Gasteiger partial charge in [-0.1, -0.05) is 6.07 Å². The molecule has 0 amide bonds. The average molecular weight is 675 g/mol. The van der Waals surface area contributed by atoms with Crippen LogP contribution in [-0.2, 0) is 10.9 Å². The Bertz CT molecular complexity index is 1970. The number of piperidine rings is 1. The van der Waals surface area contributed by atoms with Crippen molar-refractivity contribution in [3.8, 4) is 23.2 Å². The number of aromatic nitrogens is 2. The number of alkyl halides is 4. The summed E-state index contributed by atoms with van der Waals surface area (Å²) in [7, 11) is 0. The van der Waals surface area contributed by atoms with Crippen molar-refractivity contribution in [2.75, 3.05) is 43.5 Å². The third kappa shape index (κ3) is 4.78. The quantitative estimate of drug-likeness (QED) is 0.237. The van der Waals surface area contributed by atoms with Gasteiger partial charge in [-0.25, -0.2) is 13.2 Å². The van der Waals surface area contributed by atoms with Gasteiger partial charge < -0.3 is 20.1 Å². The second kappa shape index (κ2) is 10.8.